The monoisotopic (exact) mass is 293 g/mol. The minimum Gasteiger partial charge on any atom is -0.379 e. The summed E-state index contributed by atoms with van der Waals surface area (Å²) < 4.78 is 7.30. The Balaban J connectivity index is 2.08. The first-order valence-electron chi connectivity index (χ1n) is 7.87. The maximum atomic E-state index is 12.8. The summed E-state index contributed by atoms with van der Waals surface area (Å²) in [6.07, 6.45) is 3.17. The van der Waals surface area contributed by atoms with Crippen LogP contribution in [-0.4, -0.2) is 52.3 Å². The third-order valence-corrected chi connectivity index (χ3v) is 4.53. The van der Waals surface area contributed by atoms with Crippen molar-refractivity contribution in [1.29, 1.82) is 0 Å². The van der Waals surface area contributed by atoms with Crippen molar-refractivity contribution >= 4 is 5.78 Å². The zero-order valence-corrected chi connectivity index (χ0v) is 13.6. The fourth-order valence-corrected chi connectivity index (χ4v) is 2.77. The molecule has 1 unspecified atom stereocenters. The average molecular weight is 293 g/mol. The standard InChI is InChI=1S/C16H27N3O2/c1-5-16(4,18-8-10-21-11-9-18)15(20)12-14-6-7-19(17-14)13(2)3/h6-7,13H,5,8-12H2,1-4H3. The summed E-state index contributed by atoms with van der Waals surface area (Å²) in [5, 5.41) is 4.50. The van der Waals surface area contributed by atoms with E-state index in [9.17, 15) is 4.79 Å². The van der Waals surface area contributed by atoms with Crippen molar-refractivity contribution in [2.24, 2.45) is 0 Å². The fourth-order valence-electron chi connectivity index (χ4n) is 2.77. The number of hydrogen-bond donors (Lipinski definition) is 0. The van der Waals surface area contributed by atoms with Crippen LogP contribution in [0, 0.1) is 0 Å². The van der Waals surface area contributed by atoms with Crippen LogP contribution in [0.15, 0.2) is 12.3 Å². The molecule has 5 heteroatoms. The second-order valence-electron chi connectivity index (χ2n) is 6.21. The van der Waals surface area contributed by atoms with Crippen LogP contribution in [0.2, 0.25) is 0 Å². The van der Waals surface area contributed by atoms with Gasteiger partial charge in [0.25, 0.3) is 0 Å². The molecule has 2 rings (SSSR count). The number of aromatic nitrogens is 2. The molecule has 2 heterocycles. The van der Waals surface area contributed by atoms with E-state index in [0.29, 0.717) is 25.7 Å². The molecule has 1 saturated heterocycles. The number of carbonyl (C=O) groups is 1. The van der Waals surface area contributed by atoms with Gasteiger partial charge in [0.15, 0.2) is 5.78 Å². The van der Waals surface area contributed by atoms with Crippen molar-refractivity contribution in [2.75, 3.05) is 26.3 Å². The van der Waals surface area contributed by atoms with Gasteiger partial charge >= 0.3 is 0 Å². The molecular formula is C16H27N3O2. The Kier molecular flexibility index (Phi) is 5.17. The zero-order valence-electron chi connectivity index (χ0n) is 13.6. The predicted octanol–water partition coefficient (Wildman–Crippen LogP) is 2.08. The van der Waals surface area contributed by atoms with E-state index in [0.717, 1.165) is 25.2 Å². The van der Waals surface area contributed by atoms with E-state index in [-0.39, 0.29) is 5.78 Å². The summed E-state index contributed by atoms with van der Waals surface area (Å²) in [6, 6.07) is 2.28. The fraction of sp³-hybridized carbons (Fsp3) is 0.750. The molecule has 118 valence electrons. The van der Waals surface area contributed by atoms with Gasteiger partial charge in [-0.1, -0.05) is 6.92 Å². The Morgan fingerprint density at radius 2 is 2.10 bits per heavy atom. The number of ether oxygens (including phenoxy) is 1. The molecule has 0 amide bonds. The molecule has 1 aromatic heterocycles. The van der Waals surface area contributed by atoms with E-state index in [1.807, 2.05) is 16.9 Å². The Hall–Kier alpha value is -1.20. The van der Waals surface area contributed by atoms with Crippen molar-refractivity contribution in [3.8, 4) is 0 Å². The van der Waals surface area contributed by atoms with E-state index in [1.54, 1.807) is 0 Å². The summed E-state index contributed by atoms with van der Waals surface area (Å²) in [5.41, 5.74) is 0.451. The highest BCUT2D eigenvalue weighted by atomic mass is 16.5. The minimum atomic E-state index is -0.411. The van der Waals surface area contributed by atoms with Gasteiger partial charge in [0.1, 0.15) is 0 Å². The second kappa shape index (κ2) is 6.71. The van der Waals surface area contributed by atoms with Gasteiger partial charge in [-0.25, -0.2) is 0 Å². The molecule has 0 bridgehead atoms. The maximum absolute atomic E-state index is 12.8. The van der Waals surface area contributed by atoms with Crippen LogP contribution < -0.4 is 0 Å². The molecule has 0 saturated carbocycles. The molecule has 1 aliphatic rings. The molecule has 0 aromatic carbocycles. The van der Waals surface area contributed by atoms with E-state index in [4.69, 9.17) is 4.74 Å². The highest BCUT2D eigenvalue weighted by Gasteiger charge is 2.38. The van der Waals surface area contributed by atoms with Crippen molar-refractivity contribution < 1.29 is 9.53 Å². The lowest BCUT2D eigenvalue weighted by atomic mass is 9.88. The van der Waals surface area contributed by atoms with Gasteiger partial charge in [-0.3, -0.25) is 14.4 Å². The third-order valence-electron chi connectivity index (χ3n) is 4.53. The minimum absolute atomic E-state index is 0.251. The van der Waals surface area contributed by atoms with Crippen molar-refractivity contribution in [2.45, 2.75) is 52.1 Å². The lowest BCUT2D eigenvalue weighted by Gasteiger charge is -2.41. The Labute approximate surface area is 127 Å². The van der Waals surface area contributed by atoms with Crippen molar-refractivity contribution in [1.82, 2.24) is 14.7 Å². The molecule has 1 aliphatic heterocycles. The van der Waals surface area contributed by atoms with Crippen LogP contribution >= 0.6 is 0 Å². The number of morpholine rings is 1. The number of hydrogen-bond acceptors (Lipinski definition) is 4. The first-order chi connectivity index (χ1) is 9.97. The second-order valence-corrected chi connectivity index (χ2v) is 6.21. The lowest BCUT2D eigenvalue weighted by Crippen LogP contribution is -2.56. The first-order valence-corrected chi connectivity index (χ1v) is 7.87. The van der Waals surface area contributed by atoms with Crippen LogP contribution in [0.25, 0.3) is 0 Å². The van der Waals surface area contributed by atoms with Crippen LogP contribution in [-0.2, 0) is 16.0 Å². The summed E-state index contributed by atoms with van der Waals surface area (Å²) in [7, 11) is 0. The van der Waals surface area contributed by atoms with E-state index < -0.39 is 5.54 Å². The van der Waals surface area contributed by atoms with Gasteiger partial charge in [0, 0.05) is 25.3 Å². The van der Waals surface area contributed by atoms with Crippen LogP contribution in [0.1, 0.15) is 45.9 Å². The SMILES string of the molecule is CCC(C)(C(=O)Cc1ccn(C(C)C)n1)N1CCOCC1. The molecule has 0 radical (unpaired) electrons. The van der Waals surface area contributed by atoms with Gasteiger partial charge in [-0.15, -0.1) is 0 Å². The highest BCUT2D eigenvalue weighted by Crippen LogP contribution is 2.23. The van der Waals surface area contributed by atoms with Crippen molar-refractivity contribution in [3.05, 3.63) is 18.0 Å². The number of Topliss-reactive ketones (excluding diaryl/α,β-unsaturated/α-hetero) is 1. The van der Waals surface area contributed by atoms with E-state index >= 15 is 0 Å². The number of ketones is 1. The normalized spacial score (nSPS) is 19.7. The van der Waals surface area contributed by atoms with Crippen LogP contribution in [0.3, 0.4) is 0 Å². The van der Waals surface area contributed by atoms with Gasteiger partial charge in [0.2, 0.25) is 0 Å². The Morgan fingerprint density at radius 1 is 1.43 bits per heavy atom. The molecule has 0 N–H and O–H groups in total. The summed E-state index contributed by atoms with van der Waals surface area (Å²) in [5.74, 6) is 0.251. The predicted molar refractivity (Wildman–Crippen MR) is 82.4 cm³/mol. The molecule has 1 aromatic rings. The number of rotatable bonds is 6. The average Bonchev–Trinajstić information content (AvgIpc) is 2.96. The van der Waals surface area contributed by atoms with Crippen molar-refractivity contribution in [3.63, 3.8) is 0 Å². The third kappa shape index (κ3) is 3.52. The molecule has 21 heavy (non-hydrogen) atoms. The summed E-state index contributed by atoms with van der Waals surface area (Å²) >= 11 is 0. The molecule has 1 atom stereocenters. The van der Waals surface area contributed by atoms with Gasteiger partial charge in [-0.2, -0.15) is 5.10 Å². The summed E-state index contributed by atoms with van der Waals surface area (Å²) in [6.45, 7) is 11.4. The van der Waals surface area contributed by atoms with Gasteiger partial charge in [0.05, 0.1) is 30.9 Å². The molecule has 1 fully saturated rings. The molecule has 5 nitrogen and oxygen atoms in total. The van der Waals surface area contributed by atoms with Gasteiger partial charge < -0.3 is 4.74 Å². The Morgan fingerprint density at radius 3 is 2.62 bits per heavy atom. The smallest absolute Gasteiger partial charge is 0.158 e. The largest absolute Gasteiger partial charge is 0.379 e. The lowest BCUT2D eigenvalue weighted by molar-refractivity contribution is -0.133. The molecule has 0 spiro atoms. The van der Waals surface area contributed by atoms with E-state index in [1.165, 1.54) is 0 Å². The number of nitrogens with zero attached hydrogens (tertiary/aromatic N) is 3. The quantitative estimate of drug-likeness (QED) is 0.805. The zero-order chi connectivity index (χ0) is 15.5. The first kappa shape index (κ1) is 16.2. The molecular weight excluding hydrogens is 266 g/mol. The topological polar surface area (TPSA) is 47.4 Å². The maximum Gasteiger partial charge on any atom is 0.158 e. The van der Waals surface area contributed by atoms with Crippen LogP contribution in [0.4, 0.5) is 0 Å². The number of carbonyl (C=O) groups excluding carboxylic acids is 1. The highest BCUT2D eigenvalue weighted by molar-refractivity contribution is 5.89. The van der Waals surface area contributed by atoms with Crippen LogP contribution in [0.5, 0.6) is 0 Å². The summed E-state index contributed by atoms with van der Waals surface area (Å²) in [4.78, 5) is 15.1. The molecule has 0 aliphatic carbocycles. The van der Waals surface area contributed by atoms with Gasteiger partial charge in [-0.05, 0) is 33.3 Å². The van der Waals surface area contributed by atoms with E-state index in [2.05, 4.69) is 37.7 Å². The Bertz CT molecular complexity index is 478.